The molecule has 3 heterocycles. The zero-order valence-electron chi connectivity index (χ0n) is 13.2. The Hall–Kier alpha value is -2.47. The first-order valence-corrected chi connectivity index (χ1v) is 8.11. The van der Waals surface area contributed by atoms with E-state index in [0.29, 0.717) is 16.3 Å². The number of aryl methyl sites for hydroxylation is 2. The molecule has 3 aromatic rings. The summed E-state index contributed by atoms with van der Waals surface area (Å²) in [5.41, 5.74) is 1.72. The third-order valence-electron chi connectivity index (χ3n) is 3.51. The van der Waals surface area contributed by atoms with E-state index in [1.807, 2.05) is 45.0 Å². The van der Waals surface area contributed by atoms with Crippen molar-refractivity contribution in [3.63, 3.8) is 0 Å². The standard InChI is InChI=1S/C17H17N3O2S/c1-10-4-5-14(22-10)17-20-12(3)15(23-17)16(21)19-11(2)13-6-8-18-9-7-13/h4-9,11H,1-3H3,(H,19,21)/t11-/m0/s1. The molecule has 3 rings (SSSR count). The van der Waals surface area contributed by atoms with Gasteiger partial charge in [-0.3, -0.25) is 9.78 Å². The van der Waals surface area contributed by atoms with Crippen molar-refractivity contribution in [2.75, 3.05) is 0 Å². The van der Waals surface area contributed by atoms with Gasteiger partial charge in [0, 0.05) is 12.4 Å². The number of nitrogens with one attached hydrogen (secondary N) is 1. The van der Waals surface area contributed by atoms with Gasteiger partial charge in [-0.25, -0.2) is 4.98 Å². The molecule has 0 unspecified atom stereocenters. The average molecular weight is 327 g/mol. The zero-order valence-corrected chi connectivity index (χ0v) is 14.0. The van der Waals surface area contributed by atoms with Crippen molar-refractivity contribution in [2.24, 2.45) is 0 Å². The minimum Gasteiger partial charge on any atom is -0.459 e. The zero-order chi connectivity index (χ0) is 16.4. The topological polar surface area (TPSA) is 68.0 Å². The summed E-state index contributed by atoms with van der Waals surface area (Å²) < 4.78 is 5.58. The fourth-order valence-corrected chi connectivity index (χ4v) is 3.19. The van der Waals surface area contributed by atoms with E-state index >= 15 is 0 Å². The Morgan fingerprint density at radius 3 is 2.61 bits per heavy atom. The van der Waals surface area contributed by atoms with Crippen molar-refractivity contribution in [3.8, 4) is 10.8 Å². The Kier molecular flexibility index (Phi) is 4.25. The molecule has 0 spiro atoms. The molecule has 3 aromatic heterocycles. The molecule has 0 aliphatic heterocycles. The predicted molar refractivity (Wildman–Crippen MR) is 89.4 cm³/mol. The molecular weight excluding hydrogens is 310 g/mol. The van der Waals surface area contributed by atoms with Crippen LogP contribution in [-0.2, 0) is 0 Å². The monoisotopic (exact) mass is 327 g/mol. The summed E-state index contributed by atoms with van der Waals surface area (Å²) in [7, 11) is 0. The Bertz CT molecular complexity index is 823. The van der Waals surface area contributed by atoms with E-state index in [4.69, 9.17) is 4.42 Å². The van der Waals surface area contributed by atoms with Gasteiger partial charge in [-0.1, -0.05) is 0 Å². The summed E-state index contributed by atoms with van der Waals surface area (Å²) in [6, 6.07) is 7.44. The van der Waals surface area contributed by atoms with Crippen LogP contribution >= 0.6 is 11.3 Å². The third kappa shape index (κ3) is 3.32. The van der Waals surface area contributed by atoms with Crippen LogP contribution in [0.15, 0.2) is 41.1 Å². The van der Waals surface area contributed by atoms with Crippen molar-refractivity contribution >= 4 is 17.2 Å². The molecule has 0 radical (unpaired) electrons. The van der Waals surface area contributed by atoms with Crippen molar-refractivity contribution in [3.05, 3.63) is 58.6 Å². The van der Waals surface area contributed by atoms with Crippen LogP contribution in [0.25, 0.3) is 10.8 Å². The van der Waals surface area contributed by atoms with Crippen LogP contribution in [0.3, 0.4) is 0 Å². The first-order valence-electron chi connectivity index (χ1n) is 7.29. The number of hydrogen-bond donors (Lipinski definition) is 1. The highest BCUT2D eigenvalue weighted by Gasteiger charge is 2.19. The minimum atomic E-state index is -0.126. The summed E-state index contributed by atoms with van der Waals surface area (Å²) in [6.45, 7) is 5.66. The van der Waals surface area contributed by atoms with E-state index in [1.165, 1.54) is 11.3 Å². The summed E-state index contributed by atoms with van der Waals surface area (Å²) in [5, 5.41) is 3.72. The highest BCUT2D eigenvalue weighted by Crippen LogP contribution is 2.29. The maximum absolute atomic E-state index is 12.5. The summed E-state index contributed by atoms with van der Waals surface area (Å²) in [6.07, 6.45) is 3.43. The van der Waals surface area contributed by atoms with Crippen LogP contribution in [0.5, 0.6) is 0 Å². The second kappa shape index (κ2) is 6.34. The Labute approximate surface area is 138 Å². The second-order valence-electron chi connectivity index (χ2n) is 5.32. The molecule has 0 aromatic carbocycles. The van der Waals surface area contributed by atoms with Crippen LogP contribution in [0.2, 0.25) is 0 Å². The quantitative estimate of drug-likeness (QED) is 0.789. The maximum Gasteiger partial charge on any atom is 0.263 e. The molecule has 118 valence electrons. The Morgan fingerprint density at radius 2 is 1.96 bits per heavy atom. The number of carbonyl (C=O) groups excluding carboxylic acids is 1. The second-order valence-corrected chi connectivity index (χ2v) is 6.32. The van der Waals surface area contributed by atoms with E-state index in [-0.39, 0.29) is 11.9 Å². The number of amides is 1. The van der Waals surface area contributed by atoms with Crippen LogP contribution in [-0.4, -0.2) is 15.9 Å². The van der Waals surface area contributed by atoms with Gasteiger partial charge in [-0.2, -0.15) is 0 Å². The first-order chi connectivity index (χ1) is 11.0. The lowest BCUT2D eigenvalue weighted by atomic mass is 10.1. The minimum absolute atomic E-state index is 0.0960. The van der Waals surface area contributed by atoms with Crippen LogP contribution in [0.1, 0.15) is 39.7 Å². The Balaban J connectivity index is 1.79. The average Bonchev–Trinajstić information content (AvgIpc) is 3.14. The van der Waals surface area contributed by atoms with Gasteiger partial charge in [0.05, 0.1) is 11.7 Å². The lowest BCUT2D eigenvalue weighted by molar-refractivity contribution is 0.0943. The molecule has 0 aliphatic rings. The van der Waals surface area contributed by atoms with Crippen molar-refractivity contribution in [1.29, 1.82) is 0 Å². The van der Waals surface area contributed by atoms with Gasteiger partial charge in [0.1, 0.15) is 10.6 Å². The van der Waals surface area contributed by atoms with Gasteiger partial charge in [0.15, 0.2) is 10.8 Å². The highest BCUT2D eigenvalue weighted by molar-refractivity contribution is 7.17. The fourth-order valence-electron chi connectivity index (χ4n) is 2.26. The fraction of sp³-hybridized carbons (Fsp3) is 0.235. The van der Waals surface area contributed by atoms with Gasteiger partial charge in [0.2, 0.25) is 0 Å². The van der Waals surface area contributed by atoms with Gasteiger partial charge >= 0.3 is 0 Å². The van der Waals surface area contributed by atoms with Gasteiger partial charge < -0.3 is 9.73 Å². The first kappa shape index (κ1) is 15.4. The number of carbonyl (C=O) groups is 1. The van der Waals surface area contributed by atoms with Crippen LogP contribution < -0.4 is 5.32 Å². The smallest absolute Gasteiger partial charge is 0.263 e. The molecule has 1 atom stereocenters. The summed E-state index contributed by atoms with van der Waals surface area (Å²) >= 11 is 1.34. The van der Waals surface area contributed by atoms with E-state index < -0.39 is 0 Å². The van der Waals surface area contributed by atoms with Crippen LogP contribution in [0, 0.1) is 13.8 Å². The Morgan fingerprint density at radius 1 is 1.22 bits per heavy atom. The van der Waals surface area contributed by atoms with E-state index in [2.05, 4.69) is 15.3 Å². The van der Waals surface area contributed by atoms with Crippen LogP contribution in [0.4, 0.5) is 0 Å². The number of pyridine rings is 1. The molecule has 23 heavy (non-hydrogen) atoms. The number of nitrogens with zero attached hydrogens (tertiary/aromatic N) is 2. The van der Waals surface area contributed by atoms with Crippen molar-refractivity contribution < 1.29 is 9.21 Å². The molecule has 0 fully saturated rings. The molecule has 0 saturated carbocycles. The van der Waals surface area contributed by atoms with Gasteiger partial charge in [-0.15, -0.1) is 11.3 Å². The molecule has 0 aliphatic carbocycles. The van der Waals surface area contributed by atoms with E-state index in [9.17, 15) is 4.79 Å². The van der Waals surface area contributed by atoms with Crippen molar-refractivity contribution in [2.45, 2.75) is 26.8 Å². The highest BCUT2D eigenvalue weighted by atomic mass is 32.1. The van der Waals surface area contributed by atoms with Crippen molar-refractivity contribution in [1.82, 2.24) is 15.3 Å². The van der Waals surface area contributed by atoms with E-state index in [0.717, 1.165) is 16.3 Å². The normalized spacial score (nSPS) is 12.1. The number of furan rings is 1. The molecule has 6 heteroatoms. The van der Waals surface area contributed by atoms with E-state index in [1.54, 1.807) is 12.4 Å². The molecule has 0 saturated heterocycles. The maximum atomic E-state index is 12.5. The number of aromatic nitrogens is 2. The molecule has 1 amide bonds. The van der Waals surface area contributed by atoms with Gasteiger partial charge in [-0.05, 0) is 50.6 Å². The lowest BCUT2D eigenvalue weighted by Crippen LogP contribution is -2.26. The summed E-state index contributed by atoms with van der Waals surface area (Å²) in [5.74, 6) is 1.39. The number of hydrogen-bond acceptors (Lipinski definition) is 5. The number of thiazole rings is 1. The largest absolute Gasteiger partial charge is 0.459 e. The predicted octanol–water partition coefficient (Wildman–Crippen LogP) is 3.91. The van der Waals surface area contributed by atoms with Gasteiger partial charge in [0.25, 0.3) is 5.91 Å². The molecular formula is C17H17N3O2S. The third-order valence-corrected chi connectivity index (χ3v) is 4.68. The molecule has 5 nitrogen and oxygen atoms in total. The molecule has 1 N–H and O–H groups in total. The SMILES string of the molecule is Cc1ccc(-c2nc(C)c(C(=O)N[C@@H](C)c3ccncc3)s2)o1. The molecule has 0 bridgehead atoms. The lowest BCUT2D eigenvalue weighted by Gasteiger charge is -2.13. The summed E-state index contributed by atoms with van der Waals surface area (Å²) in [4.78, 5) is 21.6. The number of rotatable bonds is 4.